The molecule has 0 amide bonds. The summed E-state index contributed by atoms with van der Waals surface area (Å²) in [5.41, 5.74) is 0.910. The molecule has 0 spiro atoms. The second-order valence-corrected chi connectivity index (χ2v) is 9.56. The molecule has 2 aliphatic rings. The van der Waals surface area contributed by atoms with Crippen LogP contribution in [-0.4, -0.2) is 83.5 Å². The molecule has 0 aliphatic carbocycles. The van der Waals surface area contributed by atoms with Crippen molar-refractivity contribution < 1.29 is 17.7 Å². The largest absolute Gasteiger partial charge is 0.373 e. The zero-order valence-corrected chi connectivity index (χ0v) is 17.6. The Labute approximate surface area is 171 Å². The second-order valence-electron chi connectivity index (χ2n) is 7.64. The number of morpholine rings is 1. The molecule has 10 heteroatoms. The Morgan fingerprint density at radius 2 is 1.66 bits per heavy atom. The summed E-state index contributed by atoms with van der Waals surface area (Å²) in [5, 5.41) is 4.04. The van der Waals surface area contributed by atoms with Crippen molar-refractivity contribution in [2.75, 3.05) is 39.3 Å². The van der Waals surface area contributed by atoms with Crippen molar-refractivity contribution in [1.29, 1.82) is 0 Å². The van der Waals surface area contributed by atoms with Crippen molar-refractivity contribution in [2.24, 2.45) is 0 Å². The van der Waals surface area contributed by atoms with E-state index in [0.29, 0.717) is 57.5 Å². The molecule has 4 rings (SSSR count). The van der Waals surface area contributed by atoms with Gasteiger partial charge in [0.1, 0.15) is 0 Å². The molecule has 2 atom stereocenters. The smallest absolute Gasteiger partial charge is 0.282 e. The normalized spacial score (nSPS) is 25.3. The van der Waals surface area contributed by atoms with E-state index in [2.05, 4.69) is 15.0 Å². The van der Waals surface area contributed by atoms with Crippen molar-refractivity contribution in [2.45, 2.75) is 32.6 Å². The van der Waals surface area contributed by atoms with Gasteiger partial charge in [-0.05, 0) is 13.8 Å². The first-order chi connectivity index (χ1) is 13.9. The molecule has 2 fully saturated rings. The first-order valence-electron chi connectivity index (χ1n) is 9.93. The van der Waals surface area contributed by atoms with Gasteiger partial charge < -0.3 is 9.26 Å². The minimum absolute atomic E-state index is 0.0915. The van der Waals surface area contributed by atoms with E-state index in [4.69, 9.17) is 9.26 Å². The summed E-state index contributed by atoms with van der Waals surface area (Å²) in [5.74, 6) is 1.10. The zero-order valence-electron chi connectivity index (χ0n) is 16.8. The van der Waals surface area contributed by atoms with Crippen LogP contribution < -0.4 is 0 Å². The highest BCUT2D eigenvalue weighted by atomic mass is 32.2. The summed E-state index contributed by atoms with van der Waals surface area (Å²) < 4.78 is 40.1. The van der Waals surface area contributed by atoms with Crippen molar-refractivity contribution >= 4 is 10.2 Å². The van der Waals surface area contributed by atoms with Gasteiger partial charge in [-0.25, -0.2) is 0 Å². The topological polar surface area (TPSA) is 92.0 Å². The van der Waals surface area contributed by atoms with Crippen LogP contribution in [0, 0.1) is 0 Å². The lowest BCUT2D eigenvalue weighted by molar-refractivity contribution is -0.0458. The van der Waals surface area contributed by atoms with Crippen LogP contribution in [0.3, 0.4) is 0 Å². The maximum atomic E-state index is 13.0. The van der Waals surface area contributed by atoms with Crippen LogP contribution in [0.25, 0.3) is 11.4 Å². The first-order valence-corrected chi connectivity index (χ1v) is 11.3. The summed E-state index contributed by atoms with van der Waals surface area (Å²) in [6.07, 6.45) is -0.183. The molecule has 0 radical (unpaired) electrons. The number of rotatable bonds is 5. The number of hydrogen-bond acceptors (Lipinski definition) is 7. The Balaban J connectivity index is 1.33. The summed E-state index contributed by atoms with van der Waals surface area (Å²) in [6, 6.07) is 9.68. The van der Waals surface area contributed by atoms with E-state index >= 15 is 0 Å². The van der Waals surface area contributed by atoms with Gasteiger partial charge >= 0.3 is 0 Å². The molecule has 0 unspecified atom stereocenters. The van der Waals surface area contributed by atoms with E-state index < -0.39 is 10.2 Å². The van der Waals surface area contributed by atoms with Crippen molar-refractivity contribution in [3.05, 3.63) is 36.2 Å². The van der Waals surface area contributed by atoms with Crippen molar-refractivity contribution in [1.82, 2.24) is 23.7 Å². The Hall–Kier alpha value is -1.85. The lowest BCUT2D eigenvalue weighted by Crippen LogP contribution is -2.57. The molecular formula is C19H27N5O4S. The van der Waals surface area contributed by atoms with E-state index in [-0.39, 0.29) is 12.2 Å². The fourth-order valence-corrected chi connectivity index (χ4v) is 5.56. The average Bonchev–Trinajstić information content (AvgIpc) is 3.17. The van der Waals surface area contributed by atoms with Gasteiger partial charge in [0.2, 0.25) is 11.7 Å². The van der Waals surface area contributed by atoms with Crippen LogP contribution >= 0.6 is 0 Å². The molecule has 158 valence electrons. The standard InChI is InChI=1S/C19H27N5O4S/c1-15-12-24(13-16(2)27-15)29(25,26)23-10-8-22(9-11-23)14-18-20-19(21-28-18)17-6-4-3-5-7-17/h3-7,15-16H,8-14H2,1-2H3/t15-,16-/m1/s1. The van der Waals surface area contributed by atoms with E-state index in [1.54, 1.807) is 8.61 Å². The first kappa shape index (κ1) is 20.4. The summed E-state index contributed by atoms with van der Waals surface area (Å²) in [6.45, 7) is 7.27. The fraction of sp³-hybridized carbons (Fsp3) is 0.579. The van der Waals surface area contributed by atoms with Crippen LogP contribution in [0.5, 0.6) is 0 Å². The minimum Gasteiger partial charge on any atom is -0.373 e. The number of ether oxygens (including phenoxy) is 1. The Kier molecular flexibility index (Phi) is 5.98. The van der Waals surface area contributed by atoms with Crippen LogP contribution in [0.15, 0.2) is 34.9 Å². The third-order valence-corrected chi connectivity index (χ3v) is 7.20. The van der Waals surface area contributed by atoms with Gasteiger partial charge in [0.25, 0.3) is 10.2 Å². The van der Waals surface area contributed by atoms with Crippen molar-refractivity contribution in [3.8, 4) is 11.4 Å². The summed E-state index contributed by atoms with van der Waals surface area (Å²) in [4.78, 5) is 6.60. The average molecular weight is 422 g/mol. The number of aromatic nitrogens is 2. The van der Waals surface area contributed by atoms with Gasteiger partial charge in [0, 0.05) is 44.8 Å². The molecule has 2 aliphatic heterocycles. The maximum absolute atomic E-state index is 13.0. The molecule has 29 heavy (non-hydrogen) atoms. The summed E-state index contributed by atoms with van der Waals surface area (Å²) in [7, 11) is -3.47. The van der Waals surface area contributed by atoms with Crippen LogP contribution in [0.1, 0.15) is 19.7 Å². The molecule has 0 bridgehead atoms. The lowest BCUT2D eigenvalue weighted by atomic mass is 10.2. The number of piperazine rings is 1. The fourth-order valence-electron chi connectivity index (χ4n) is 3.82. The van der Waals surface area contributed by atoms with E-state index in [1.165, 1.54) is 0 Å². The SMILES string of the molecule is C[C@@H]1CN(S(=O)(=O)N2CCN(Cc3nc(-c4ccccc4)no3)CC2)C[C@@H](C)O1. The number of nitrogens with zero attached hydrogens (tertiary/aromatic N) is 5. The predicted molar refractivity (Wildman–Crippen MR) is 107 cm³/mol. The van der Waals surface area contributed by atoms with Crippen LogP contribution in [-0.2, 0) is 21.5 Å². The van der Waals surface area contributed by atoms with Gasteiger partial charge in [0.15, 0.2) is 0 Å². The van der Waals surface area contributed by atoms with E-state index in [0.717, 1.165) is 5.56 Å². The van der Waals surface area contributed by atoms with Gasteiger partial charge in [-0.1, -0.05) is 35.5 Å². The Morgan fingerprint density at radius 3 is 2.31 bits per heavy atom. The van der Waals surface area contributed by atoms with E-state index in [1.807, 2.05) is 44.2 Å². The third kappa shape index (κ3) is 4.67. The second kappa shape index (κ2) is 8.49. The van der Waals surface area contributed by atoms with E-state index in [9.17, 15) is 8.42 Å². The quantitative estimate of drug-likeness (QED) is 0.716. The zero-order chi connectivity index (χ0) is 20.4. The van der Waals surface area contributed by atoms with Crippen molar-refractivity contribution in [3.63, 3.8) is 0 Å². The monoisotopic (exact) mass is 421 g/mol. The molecule has 0 saturated carbocycles. The van der Waals surface area contributed by atoms with Gasteiger partial charge in [-0.15, -0.1) is 0 Å². The lowest BCUT2D eigenvalue weighted by Gasteiger charge is -2.40. The number of benzene rings is 1. The molecule has 1 aromatic carbocycles. The third-order valence-electron chi connectivity index (χ3n) is 5.23. The van der Waals surface area contributed by atoms with Crippen LogP contribution in [0.4, 0.5) is 0 Å². The molecule has 3 heterocycles. The molecule has 9 nitrogen and oxygen atoms in total. The minimum atomic E-state index is -3.47. The molecule has 2 aromatic rings. The predicted octanol–water partition coefficient (Wildman–Crippen LogP) is 1.21. The molecule has 1 aromatic heterocycles. The number of hydrogen-bond donors (Lipinski definition) is 0. The highest BCUT2D eigenvalue weighted by Gasteiger charge is 2.36. The molecular weight excluding hydrogens is 394 g/mol. The van der Waals surface area contributed by atoms with Gasteiger partial charge in [-0.2, -0.15) is 22.0 Å². The Morgan fingerprint density at radius 1 is 1.00 bits per heavy atom. The molecule has 2 saturated heterocycles. The molecule has 0 N–H and O–H groups in total. The Bertz CT molecular complexity index is 902. The van der Waals surface area contributed by atoms with Gasteiger partial charge in [-0.3, -0.25) is 4.90 Å². The van der Waals surface area contributed by atoms with Crippen LogP contribution in [0.2, 0.25) is 0 Å². The highest BCUT2D eigenvalue weighted by Crippen LogP contribution is 2.20. The summed E-state index contributed by atoms with van der Waals surface area (Å²) >= 11 is 0. The maximum Gasteiger partial charge on any atom is 0.282 e. The van der Waals surface area contributed by atoms with Gasteiger partial charge in [0.05, 0.1) is 18.8 Å². The highest BCUT2D eigenvalue weighted by molar-refractivity contribution is 7.86.